The fourth-order valence-electron chi connectivity index (χ4n) is 2.00. The van der Waals surface area contributed by atoms with Gasteiger partial charge in [-0.25, -0.2) is 0 Å². The van der Waals surface area contributed by atoms with E-state index in [4.69, 9.17) is 0 Å². The maximum atomic E-state index is 9.55. The molecule has 0 aliphatic heterocycles. The monoisotopic (exact) mass is 308 g/mol. The van der Waals surface area contributed by atoms with Gasteiger partial charge in [0.05, 0.1) is 6.07 Å². The van der Waals surface area contributed by atoms with Crippen LogP contribution in [0.3, 0.4) is 0 Å². The number of hydrogen-bond acceptors (Lipinski definition) is 2. The zero-order valence-electron chi connectivity index (χ0n) is 11.3. The smallest absolute Gasteiger partial charge is 0.125 e. The number of benzene rings is 1. The van der Waals surface area contributed by atoms with Crippen molar-refractivity contribution in [1.82, 2.24) is 0 Å². The van der Waals surface area contributed by atoms with E-state index in [1.54, 1.807) is 0 Å². The number of halogens is 1. The van der Waals surface area contributed by atoms with Gasteiger partial charge in [0, 0.05) is 10.2 Å². The number of para-hydroxylation sites is 1. The molecule has 1 aromatic rings. The molecule has 0 spiro atoms. The van der Waals surface area contributed by atoms with Gasteiger partial charge in [-0.05, 0) is 46.8 Å². The van der Waals surface area contributed by atoms with Gasteiger partial charge in [-0.2, -0.15) is 5.26 Å². The van der Waals surface area contributed by atoms with E-state index < -0.39 is 5.54 Å². The summed E-state index contributed by atoms with van der Waals surface area (Å²) in [5.41, 5.74) is 0.517. The summed E-state index contributed by atoms with van der Waals surface area (Å²) in [6.07, 6.45) is 2.77. The second kappa shape index (κ2) is 6.80. The van der Waals surface area contributed by atoms with E-state index in [1.165, 1.54) is 0 Å². The molecule has 98 valence electrons. The van der Waals surface area contributed by atoms with Crippen LogP contribution in [0.2, 0.25) is 0 Å². The molecule has 2 nitrogen and oxygen atoms in total. The molecule has 0 saturated carbocycles. The van der Waals surface area contributed by atoms with E-state index in [2.05, 4.69) is 48.1 Å². The molecule has 0 radical (unpaired) electrons. The average molecular weight is 309 g/mol. The van der Waals surface area contributed by atoms with Crippen LogP contribution in [0.5, 0.6) is 0 Å². The molecule has 1 aromatic carbocycles. The van der Waals surface area contributed by atoms with Crippen molar-refractivity contribution in [3.8, 4) is 6.07 Å². The highest BCUT2D eigenvalue weighted by molar-refractivity contribution is 9.10. The average Bonchev–Trinajstić information content (AvgIpc) is 2.40. The summed E-state index contributed by atoms with van der Waals surface area (Å²) in [6, 6.07) is 10.4. The number of nitrogens with one attached hydrogen (secondary N) is 1. The van der Waals surface area contributed by atoms with Crippen molar-refractivity contribution >= 4 is 21.6 Å². The molecule has 0 aliphatic carbocycles. The molecule has 18 heavy (non-hydrogen) atoms. The standard InChI is InChI=1S/C15H21BrN2/c1-4-12(3)10-15(5-2,11-17)18-14-9-7-6-8-13(14)16/h6-9,12,18H,4-5,10H2,1-3H3. The summed E-state index contributed by atoms with van der Waals surface area (Å²) in [5.74, 6) is 0.541. The molecule has 0 aliphatic rings. The van der Waals surface area contributed by atoms with E-state index >= 15 is 0 Å². The lowest BCUT2D eigenvalue weighted by atomic mass is 9.85. The summed E-state index contributed by atoms with van der Waals surface area (Å²) in [4.78, 5) is 0. The van der Waals surface area contributed by atoms with Crippen LogP contribution in [0.25, 0.3) is 0 Å². The lowest BCUT2D eigenvalue weighted by Crippen LogP contribution is -2.37. The first-order valence-electron chi connectivity index (χ1n) is 6.51. The van der Waals surface area contributed by atoms with Gasteiger partial charge < -0.3 is 5.32 Å². The van der Waals surface area contributed by atoms with Crippen LogP contribution in [0, 0.1) is 17.2 Å². The Morgan fingerprint density at radius 2 is 2.06 bits per heavy atom. The van der Waals surface area contributed by atoms with Crippen LogP contribution in [-0.4, -0.2) is 5.54 Å². The Hall–Kier alpha value is -1.01. The minimum atomic E-state index is -0.473. The number of hydrogen-bond donors (Lipinski definition) is 1. The minimum Gasteiger partial charge on any atom is -0.366 e. The van der Waals surface area contributed by atoms with Gasteiger partial charge in [-0.3, -0.25) is 0 Å². The molecule has 2 atom stereocenters. The summed E-state index contributed by atoms with van der Waals surface area (Å²) in [6.45, 7) is 6.43. The van der Waals surface area contributed by atoms with E-state index in [1.807, 2.05) is 24.3 Å². The van der Waals surface area contributed by atoms with Crippen molar-refractivity contribution in [2.24, 2.45) is 5.92 Å². The van der Waals surface area contributed by atoms with Gasteiger partial charge in [0.25, 0.3) is 0 Å². The first kappa shape index (κ1) is 15.0. The lowest BCUT2D eigenvalue weighted by molar-refractivity contribution is 0.404. The SMILES string of the molecule is CCC(C)CC(C#N)(CC)Nc1ccccc1Br. The number of nitrogens with zero attached hydrogens (tertiary/aromatic N) is 1. The maximum Gasteiger partial charge on any atom is 0.125 e. The molecule has 0 bridgehead atoms. The third kappa shape index (κ3) is 3.74. The summed E-state index contributed by atoms with van der Waals surface area (Å²) in [7, 11) is 0. The van der Waals surface area contributed by atoms with Crippen LogP contribution >= 0.6 is 15.9 Å². The molecule has 0 aromatic heterocycles. The minimum absolute atomic E-state index is 0.473. The Balaban J connectivity index is 2.93. The van der Waals surface area contributed by atoms with Gasteiger partial charge in [-0.15, -0.1) is 0 Å². The Kier molecular flexibility index (Phi) is 5.68. The van der Waals surface area contributed by atoms with Crippen LogP contribution in [0.1, 0.15) is 40.0 Å². The second-order valence-electron chi connectivity index (χ2n) is 4.87. The van der Waals surface area contributed by atoms with Crippen molar-refractivity contribution in [3.05, 3.63) is 28.7 Å². The fraction of sp³-hybridized carbons (Fsp3) is 0.533. The highest BCUT2D eigenvalue weighted by atomic mass is 79.9. The first-order valence-corrected chi connectivity index (χ1v) is 7.30. The summed E-state index contributed by atoms with van der Waals surface area (Å²) < 4.78 is 1.00. The van der Waals surface area contributed by atoms with Crippen LogP contribution in [0.4, 0.5) is 5.69 Å². The number of anilines is 1. The third-order valence-corrected chi connectivity index (χ3v) is 4.15. The summed E-state index contributed by atoms with van der Waals surface area (Å²) >= 11 is 3.52. The molecule has 2 unspecified atom stereocenters. The first-order chi connectivity index (χ1) is 8.56. The van der Waals surface area contributed by atoms with Crippen molar-refractivity contribution in [2.45, 2.75) is 45.6 Å². The molecule has 0 amide bonds. The van der Waals surface area contributed by atoms with E-state index in [0.29, 0.717) is 5.92 Å². The maximum absolute atomic E-state index is 9.55. The van der Waals surface area contributed by atoms with Gasteiger partial charge in [-0.1, -0.05) is 39.3 Å². The third-order valence-electron chi connectivity index (χ3n) is 3.46. The molecule has 1 N–H and O–H groups in total. The number of rotatable bonds is 6. The predicted octanol–water partition coefficient (Wildman–Crippen LogP) is 4.97. The van der Waals surface area contributed by atoms with Gasteiger partial charge in [0.1, 0.15) is 5.54 Å². The van der Waals surface area contributed by atoms with Crippen molar-refractivity contribution in [1.29, 1.82) is 5.26 Å². The van der Waals surface area contributed by atoms with Crippen molar-refractivity contribution in [3.63, 3.8) is 0 Å². The molecular formula is C15H21BrN2. The Morgan fingerprint density at radius 1 is 1.39 bits per heavy atom. The quantitative estimate of drug-likeness (QED) is 0.805. The summed E-state index contributed by atoms with van der Waals surface area (Å²) in [5, 5.41) is 13.0. The lowest BCUT2D eigenvalue weighted by Gasteiger charge is -2.30. The molecule has 0 fully saturated rings. The molecule has 0 heterocycles. The van der Waals surface area contributed by atoms with Crippen molar-refractivity contribution in [2.75, 3.05) is 5.32 Å². The Labute approximate surface area is 119 Å². The van der Waals surface area contributed by atoms with Gasteiger partial charge >= 0.3 is 0 Å². The van der Waals surface area contributed by atoms with Gasteiger partial charge in [0.2, 0.25) is 0 Å². The normalized spacial score (nSPS) is 15.5. The van der Waals surface area contributed by atoms with Crippen molar-refractivity contribution < 1.29 is 0 Å². The van der Waals surface area contributed by atoms with E-state index in [-0.39, 0.29) is 0 Å². The predicted molar refractivity (Wildman–Crippen MR) is 80.5 cm³/mol. The largest absolute Gasteiger partial charge is 0.366 e. The molecule has 1 rings (SSSR count). The second-order valence-corrected chi connectivity index (χ2v) is 5.72. The zero-order chi connectivity index (χ0) is 13.6. The highest BCUT2D eigenvalue weighted by Crippen LogP contribution is 2.30. The van der Waals surface area contributed by atoms with Crippen LogP contribution in [0.15, 0.2) is 28.7 Å². The van der Waals surface area contributed by atoms with Gasteiger partial charge in [0.15, 0.2) is 0 Å². The molecule has 0 saturated heterocycles. The van der Waals surface area contributed by atoms with E-state index in [0.717, 1.165) is 29.4 Å². The molecular weight excluding hydrogens is 288 g/mol. The topological polar surface area (TPSA) is 35.8 Å². The Morgan fingerprint density at radius 3 is 2.56 bits per heavy atom. The zero-order valence-corrected chi connectivity index (χ0v) is 12.9. The molecule has 3 heteroatoms. The number of nitriles is 1. The van der Waals surface area contributed by atoms with Crippen LogP contribution in [-0.2, 0) is 0 Å². The Bertz CT molecular complexity index is 425. The van der Waals surface area contributed by atoms with Crippen LogP contribution < -0.4 is 5.32 Å². The highest BCUT2D eigenvalue weighted by Gasteiger charge is 2.29. The van der Waals surface area contributed by atoms with E-state index in [9.17, 15) is 5.26 Å². The fourth-order valence-corrected chi connectivity index (χ4v) is 2.38.